The molecular formula is C17H14N4O3. The summed E-state index contributed by atoms with van der Waals surface area (Å²) in [7, 11) is 0. The van der Waals surface area contributed by atoms with E-state index in [4.69, 9.17) is 4.42 Å². The molecule has 24 heavy (non-hydrogen) atoms. The van der Waals surface area contributed by atoms with Gasteiger partial charge in [0.2, 0.25) is 11.8 Å². The molecule has 0 spiro atoms. The van der Waals surface area contributed by atoms with Gasteiger partial charge in [-0.2, -0.15) is 0 Å². The highest BCUT2D eigenvalue weighted by atomic mass is 16.3. The van der Waals surface area contributed by atoms with E-state index >= 15 is 0 Å². The van der Waals surface area contributed by atoms with Crippen LogP contribution in [0.4, 0.5) is 11.5 Å². The lowest BCUT2D eigenvalue weighted by Crippen LogP contribution is -2.33. The van der Waals surface area contributed by atoms with Crippen molar-refractivity contribution in [1.29, 1.82) is 0 Å². The third-order valence-electron chi connectivity index (χ3n) is 4.11. The van der Waals surface area contributed by atoms with Crippen LogP contribution in [-0.2, 0) is 9.59 Å². The maximum absolute atomic E-state index is 12.7. The predicted octanol–water partition coefficient (Wildman–Crippen LogP) is 2.31. The number of benzene rings is 1. The number of hydrogen-bond donors (Lipinski definition) is 1. The number of hydrogen-bond acceptors (Lipinski definition) is 5. The summed E-state index contributed by atoms with van der Waals surface area (Å²) < 4.78 is 5.41. The zero-order valence-corrected chi connectivity index (χ0v) is 12.9. The van der Waals surface area contributed by atoms with Crippen LogP contribution in [0.3, 0.4) is 0 Å². The monoisotopic (exact) mass is 322 g/mol. The Morgan fingerprint density at radius 2 is 2.25 bits per heavy atom. The van der Waals surface area contributed by atoms with Crippen molar-refractivity contribution in [2.45, 2.75) is 12.8 Å². The normalized spacial score (nSPS) is 16.5. The van der Waals surface area contributed by atoms with Gasteiger partial charge in [-0.3, -0.25) is 14.6 Å². The lowest BCUT2D eigenvalue weighted by Gasteiger charge is -2.15. The molecule has 3 heterocycles. The van der Waals surface area contributed by atoms with E-state index in [-0.39, 0.29) is 5.91 Å². The molecule has 0 fully saturated rings. The van der Waals surface area contributed by atoms with Crippen molar-refractivity contribution in [2.75, 3.05) is 16.8 Å². The van der Waals surface area contributed by atoms with Gasteiger partial charge in [-0.25, -0.2) is 4.98 Å². The molecule has 7 nitrogen and oxygen atoms in total. The Morgan fingerprint density at radius 3 is 3.00 bits per heavy atom. The maximum atomic E-state index is 12.7. The lowest BCUT2D eigenvalue weighted by atomic mass is 9.99. The molecule has 1 unspecified atom stereocenters. The van der Waals surface area contributed by atoms with E-state index in [0.29, 0.717) is 23.5 Å². The van der Waals surface area contributed by atoms with Crippen LogP contribution in [0.5, 0.6) is 0 Å². The van der Waals surface area contributed by atoms with E-state index in [1.807, 2.05) is 19.1 Å². The van der Waals surface area contributed by atoms with E-state index in [0.717, 1.165) is 11.1 Å². The highest BCUT2D eigenvalue weighted by Crippen LogP contribution is 2.40. The van der Waals surface area contributed by atoms with Gasteiger partial charge in [-0.1, -0.05) is 0 Å². The van der Waals surface area contributed by atoms with Gasteiger partial charge in [0.15, 0.2) is 5.82 Å². The molecule has 3 aromatic rings. The average molecular weight is 322 g/mol. The second-order valence-electron chi connectivity index (χ2n) is 5.46. The van der Waals surface area contributed by atoms with Crippen LogP contribution < -0.4 is 10.2 Å². The van der Waals surface area contributed by atoms with Gasteiger partial charge in [-0.05, 0) is 25.1 Å². The first kappa shape index (κ1) is 14.4. The Bertz CT molecular complexity index is 935. The number of rotatable bonds is 3. The van der Waals surface area contributed by atoms with Gasteiger partial charge in [-0.15, -0.1) is 0 Å². The first-order valence-corrected chi connectivity index (χ1v) is 7.58. The molecule has 0 saturated heterocycles. The second-order valence-corrected chi connectivity index (χ2v) is 5.46. The number of likely N-dealkylation sites (N-methyl/N-ethyl adjacent to an activating group) is 1. The van der Waals surface area contributed by atoms with Crippen LogP contribution in [0.15, 0.2) is 47.5 Å². The number of aromatic nitrogens is 2. The molecule has 2 aromatic heterocycles. The van der Waals surface area contributed by atoms with E-state index in [9.17, 15) is 9.59 Å². The van der Waals surface area contributed by atoms with E-state index in [1.54, 1.807) is 17.2 Å². The fraction of sp³-hybridized carbons (Fsp3) is 0.176. The second kappa shape index (κ2) is 5.45. The van der Waals surface area contributed by atoms with Crippen molar-refractivity contribution >= 4 is 34.3 Å². The van der Waals surface area contributed by atoms with Crippen LogP contribution >= 0.6 is 0 Å². The van der Waals surface area contributed by atoms with Crippen LogP contribution in [0.2, 0.25) is 0 Å². The summed E-state index contributed by atoms with van der Waals surface area (Å²) in [6.07, 6.45) is 6.01. The van der Waals surface area contributed by atoms with Crippen molar-refractivity contribution in [3.63, 3.8) is 0 Å². The number of nitrogens with zero attached hydrogens (tertiary/aromatic N) is 3. The number of fused-ring (bicyclic) bond motifs is 2. The van der Waals surface area contributed by atoms with E-state index in [1.165, 1.54) is 18.6 Å². The third-order valence-corrected chi connectivity index (χ3v) is 4.11. The van der Waals surface area contributed by atoms with Crippen LogP contribution in [0.1, 0.15) is 18.4 Å². The first-order chi connectivity index (χ1) is 11.7. The average Bonchev–Trinajstić information content (AvgIpc) is 3.14. The van der Waals surface area contributed by atoms with Crippen molar-refractivity contribution in [3.8, 4) is 0 Å². The van der Waals surface area contributed by atoms with Gasteiger partial charge >= 0.3 is 0 Å². The van der Waals surface area contributed by atoms with Crippen molar-refractivity contribution in [3.05, 3.63) is 48.6 Å². The molecule has 7 heteroatoms. The summed E-state index contributed by atoms with van der Waals surface area (Å²) in [5.41, 5.74) is 2.04. The molecule has 0 radical (unpaired) electrons. The van der Waals surface area contributed by atoms with Crippen molar-refractivity contribution < 1.29 is 14.0 Å². The molecule has 1 aliphatic rings. The fourth-order valence-corrected chi connectivity index (χ4v) is 3.03. The summed E-state index contributed by atoms with van der Waals surface area (Å²) >= 11 is 0. The Hall–Kier alpha value is -3.22. The topological polar surface area (TPSA) is 88.3 Å². The van der Waals surface area contributed by atoms with E-state index in [2.05, 4.69) is 15.3 Å². The molecule has 120 valence electrons. The number of amides is 2. The quantitative estimate of drug-likeness (QED) is 0.748. The lowest BCUT2D eigenvalue weighted by molar-refractivity contribution is -0.126. The Kier molecular flexibility index (Phi) is 3.26. The summed E-state index contributed by atoms with van der Waals surface area (Å²) in [4.78, 5) is 34.9. The molecule has 0 bridgehead atoms. The number of furan rings is 1. The van der Waals surface area contributed by atoms with Gasteiger partial charge in [0.25, 0.3) is 0 Å². The van der Waals surface area contributed by atoms with Crippen molar-refractivity contribution in [2.24, 2.45) is 0 Å². The molecule has 0 aliphatic carbocycles. The number of anilines is 2. The van der Waals surface area contributed by atoms with Gasteiger partial charge in [0.1, 0.15) is 11.5 Å². The summed E-state index contributed by atoms with van der Waals surface area (Å²) in [5, 5.41) is 3.55. The fourth-order valence-electron chi connectivity index (χ4n) is 3.03. The summed E-state index contributed by atoms with van der Waals surface area (Å²) in [6.45, 7) is 2.37. The van der Waals surface area contributed by atoms with Gasteiger partial charge in [0.05, 0.1) is 12.5 Å². The molecule has 1 aromatic carbocycles. The zero-order chi connectivity index (χ0) is 16.7. The molecule has 1 atom stereocenters. The Balaban J connectivity index is 1.76. The maximum Gasteiger partial charge on any atom is 0.244 e. The Morgan fingerprint density at radius 1 is 1.38 bits per heavy atom. The van der Waals surface area contributed by atoms with Crippen LogP contribution in [-0.4, -0.2) is 28.3 Å². The molecular weight excluding hydrogens is 308 g/mol. The van der Waals surface area contributed by atoms with Crippen molar-refractivity contribution in [1.82, 2.24) is 9.97 Å². The molecule has 1 N–H and O–H groups in total. The summed E-state index contributed by atoms with van der Waals surface area (Å²) in [5.74, 6) is -1.28. The highest BCUT2D eigenvalue weighted by molar-refractivity contribution is 6.21. The minimum absolute atomic E-state index is 0.249. The van der Waals surface area contributed by atoms with E-state index < -0.39 is 11.8 Å². The highest BCUT2D eigenvalue weighted by Gasteiger charge is 2.41. The minimum atomic E-state index is -0.920. The van der Waals surface area contributed by atoms with Crippen LogP contribution in [0, 0.1) is 0 Å². The largest absolute Gasteiger partial charge is 0.464 e. The molecule has 0 saturated carbocycles. The molecule has 2 amide bonds. The van der Waals surface area contributed by atoms with Gasteiger partial charge in [0, 0.05) is 35.6 Å². The third kappa shape index (κ3) is 2.13. The summed E-state index contributed by atoms with van der Waals surface area (Å²) in [6, 6.07) is 5.48. The standard InChI is InChI=1S/C17H14N4O3/c1-2-21-12-7-10-3-6-24-13(10)8-11(12)15(17(21)23)16(22)20-14-9-18-4-5-19-14/h3-9,15H,2H2,1H3,(H,19,20,22). The Labute approximate surface area is 137 Å². The van der Waals surface area contributed by atoms with Gasteiger partial charge < -0.3 is 14.6 Å². The van der Waals surface area contributed by atoms with Crippen LogP contribution in [0.25, 0.3) is 11.0 Å². The molecule has 1 aliphatic heterocycles. The predicted molar refractivity (Wildman–Crippen MR) is 87.6 cm³/mol. The number of carbonyl (C=O) groups is 2. The number of carbonyl (C=O) groups excluding carboxylic acids is 2. The minimum Gasteiger partial charge on any atom is -0.464 e. The number of nitrogens with one attached hydrogen (secondary N) is 1. The molecule has 4 rings (SSSR count). The first-order valence-electron chi connectivity index (χ1n) is 7.58. The SMILES string of the molecule is CCN1C(=O)C(C(=O)Nc2cnccn2)c2cc3occc3cc21. The zero-order valence-electron chi connectivity index (χ0n) is 12.9. The smallest absolute Gasteiger partial charge is 0.244 e.